The lowest BCUT2D eigenvalue weighted by atomic mass is 10.1. The lowest BCUT2D eigenvalue weighted by Gasteiger charge is -2.30. The van der Waals surface area contributed by atoms with Crippen molar-refractivity contribution in [3.8, 4) is 0 Å². The highest BCUT2D eigenvalue weighted by Gasteiger charge is 2.26. The number of anilines is 2. The molecule has 0 saturated carbocycles. The number of rotatable bonds is 6. The fraction of sp³-hybridized carbons (Fsp3) is 0.412. The molecule has 1 aliphatic rings. The summed E-state index contributed by atoms with van der Waals surface area (Å²) in [5, 5.41) is 0. The molecular formula is C17H22FN3O4S3. The minimum Gasteiger partial charge on any atom is -0.367 e. The maximum atomic E-state index is 14.5. The second-order valence-electron chi connectivity index (χ2n) is 6.65. The zero-order valence-electron chi connectivity index (χ0n) is 15.6. The minimum absolute atomic E-state index is 0.0756. The molecule has 1 aromatic heterocycles. The Hall–Kier alpha value is -1.69. The SMILES string of the molecule is CN(C)S(=O)(=O)c1ccc(S(=O)(=O)Nc2cccc(F)c2N2CCCCC2)s1. The Balaban J connectivity index is 1.94. The number of benzene rings is 1. The molecule has 7 nitrogen and oxygen atoms in total. The van der Waals surface area contributed by atoms with Crippen molar-refractivity contribution in [2.75, 3.05) is 36.8 Å². The van der Waals surface area contributed by atoms with Gasteiger partial charge in [0.15, 0.2) is 0 Å². The molecule has 1 N–H and O–H groups in total. The number of nitrogens with one attached hydrogen (secondary N) is 1. The van der Waals surface area contributed by atoms with Crippen LogP contribution in [0, 0.1) is 5.82 Å². The van der Waals surface area contributed by atoms with Gasteiger partial charge in [-0.1, -0.05) is 6.07 Å². The van der Waals surface area contributed by atoms with Gasteiger partial charge in [0.2, 0.25) is 0 Å². The number of para-hydroxylation sites is 1. The predicted octanol–water partition coefficient (Wildman–Crippen LogP) is 2.93. The second-order valence-corrected chi connectivity index (χ2v) is 12.0. The molecular weight excluding hydrogens is 425 g/mol. The Morgan fingerprint density at radius 3 is 2.29 bits per heavy atom. The number of nitrogens with zero attached hydrogens (tertiary/aromatic N) is 2. The molecule has 0 aliphatic carbocycles. The third kappa shape index (κ3) is 4.17. The Kier molecular flexibility index (Phi) is 5.99. The minimum atomic E-state index is -4.06. The van der Waals surface area contributed by atoms with Gasteiger partial charge in [-0.05, 0) is 43.5 Å². The largest absolute Gasteiger partial charge is 0.367 e. The Morgan fingerprint density at radius 1 is 1.00 bits per heavy atom. The van der Waals surface area contributed by atoms with Gasteiger partial charge in [0.05, 0.1) is 11.4 Å². The number of hydrogen-bond donors (Lipinski definition) is 1. The molecule has 0 radical (unpaired) electrons. The van der Waals surface area contributed by atoms with Crippen molar-refractivity contribution in [1.29, 1.82) is 0 Å². The van der Waals surface area contributed by atoms with E-state index in [1.165, 1.54) is 44.4 Å². The third-order valence-corrected chi connectivity index (χ3v) is 9.68. The molecule has 28 heavy (non-hydrogen) atoms. The smallest absolute Gasteiger partial charge is 0.271 e. The molecule has 1 fully saturated rings. The average Bonchev–Trinajstić information content (AvgIpc) is 3.14. The summed E-state index contributed by atoms with van der Waals surface area (Å²) >= 11 is 0.653. The van der Waals surface area contributed by atoms with Gasteiger partial charge in [-0.25, -0.2) is 25.5 Å². The lowest BCUT2D eigenvalue weighted by molar-refractivity contribution is 0.523. The van der Waals surface area contributed by atoms with Crippen LogP contribution in [-0.2, 0) is 20.0 Å². The summed E-state index contributed by atoms with van der Waals surface area (Å²) in [5.41, 5.74) is 0.371. The van der Waals surface area contributed by atoms with Crippen LogP contribution in [0.5, 0.6) is 0 Å². The molecule has 154 valence electrons. The molecule has 1 saturated heterocycles. The van der Waals surface area contributed by atoms with E-state index in [0.717, 1.165) is 23.6 Å². The Labute approximate surface area is 168 Å². The normalized spacial score (nSPS) is 15.8. The van der Waals surface area contributed by atoms with Crippen molar-refractivity contribution in [1.82, 2.24) is 4.31 Å². The summed E-state index contributed by atoms with van der Waals surface area (Å²) in [6, 6.07) is 6.75. The first-order valence-electron chi connectivity index (χ1n) is 8.71. The lowest BCUT2D eigenvalue weighted by Crippen LogP contribution is -2.31. The zero-order chi connectivity index (χ0) is 20.5. The van der Waals surface area contributed by atoms with Crippen LogP contribution in [0.25, 0.3) is 0 Å². The van der Waals surface area contributed by atoms with Gasteiger partial charge in [0, 0.05) is 27.2 Å². The molecule has 2 heterocycles. The van der Waals surface area contributed by atoms with E-state index in [1.807, 2.05) is 4.90 Å². The van der Waals surface area contributed by atoms with E-state index in [9.17, 15) is 21.2 Å². The van der Waals surface area contributed by atoms with Crippen LogP contribution in [0.4, 0.5) is 15.8 Å². The molecule has 0 atom stereocenters. The molecule has 1 aliphatic heterocycles. The van der Waals surface area contributed by atoms with Gasteiger partial charge in [-0.2, -0.15) is 0 Å². The highest BCUT2D eigenvalue weighted by molar-refractivity contribution is 7.96. The first kappa shape index (κ1) is 21.0. The number of sulfonamides is 2. The van der Waals surface area contributed by atoms with Crippen molar-refractivity contribution in [3.05, 3.63) is 36.1 Å². The van der Waals surface area contributed by atoms with Crippen LogP contribution in [-0.4, -0.2) is 48.3 Å². The van der Waals surface area contributed by atoms with Crippen LogP contribution >= 0.6 is 11.3 Å². The number of hydrogen-bond acceptors (Lipinski definition) is 6. The first-order valence-corrected chi connectivity index (χ1v) is 12.5. The van der Waals surface area contributed by atoms with Crippen LogP contribution in [0.2, 0.25) is 0 Å². The topological polar surface area (TPSA) is 86.8 Å². The van der Waals surface area contributed by atoms with E-state index in [2.05, 4.69) is 4.72 Å². The van der Waals surface area contributed by atoms with Crippen molar-refractivity contribution >= 4 is 42.8 Å². The maximum absolute atomic E-state index is 14.5. The average molecular weight is 448 g/mol. The maximum Gasteiger partial charge on any atom is 0.271 e. The van der Waals surface area contributed by atoms with E-state index in [1.54, 1.807) is 0 Å². The fourth-order valence-electron chi connectivity index (χ4n) is 3.00. The molecule has 1 aromatic carbocycles. The molecule has 11 heteroatoms. The second kappa shape index (κ2) is 7.97. The van der Waals surface area contributed by atoms with Gasteiger partial charge < -0.3 is 4.90 Å². The summed E-state index contributed by atoms with van der Waals surface area (Å²) < 4.78 is 67.7. The van der Waals surface area contributed by atoms with E-state index < -0.39 is 25.9 Å². The summed E-state index contributed by atoms with van der Waals surface area (Å²) in [5.74, 6) is -0.496. The summed E-state index contributed by atoms with van der Waals surface area (Å²) in [4.78, 5) is 1.84. The molecule has 2 aromatic rings. The highest BCUT2D eigenvalue weighted by Crippen LogP contribution is 2.34. The number of halogens is 1. The Bertz CT molecular complexity index is 1060. The molecule has 0 bridgehead atoms. The van der Waals surface area contributed by atoms with Gasteiger partial charge >= 0.3 is 0 Å². The van der Waals surface area contributed by atoms with Crippen LogP contribution in [0.3, 0.4) is 0 Å². The van der Waals surface area contributed by atoms with Crippen molar-refractivity contribution < 1.29 is 21.2 Å². The standard InChI is InChI=1S/C17H22FN3O4S3/c1-20(2)28(24,25)16-10-9-15(26-16)27(22,23)19-14-8-6-7-13(18)17(14)21-11-4-3-5-12-21/h6-10,19H,3-5,11-12H2,1-2H3. The molecule has 0 spiro atoms. The highest BCUT2D eigenvalue weighted by atomic mass is 32.3. The summed E-state index contributed by atoms with van der Waals surface area (Å²) in [6.07, 6.45) is 2.89. The Morgan fingerprint density at radius 2 is 1.64 bits per heavy atom. The monoisotopic (exact) mass is 447 g/mol. The summed E-state index contributed by atoms with van der Waals surface area (Å²) in [7, 11) is -5.05. The van der Waals surface area contributed by atoms with Gasteiger partial charge in [0.1, 0.15) is 14.2 Å². The summed E-state index contributed by atoms with van der Waals surface area (Å²) in [6.45, 7) is 1.31. The van der Waals surface area contributed by atoms with E-state index in [4.69, 9.17) is 0 Å². The van der Waals surface area contributed by atoms with Crippen LogP contribution in [0.15, 0.2) is 38.8 Å². The molecule has 3 rings (SSSR count). The van der Waals surface area contributed by atoms with Crippen LogP contribution in [0.1, 0.15) is 19.3 Å². The first-order chi connectivity index (χ1) is 13.1. The van der Waals surface area contributed by atoms with E-state index >= 15 is 0 Å². The van der Waals surface area contributed by atoms with Crippen LogP contribution < -0.4 is 9.62 Å². The van der Waals surface area contributed by atoms with Crippen molar-refractivity contribution in [2.45, 2.75) is 27.7 Å². The van der Waals surface area contributed by atoms with Crippen molar-refractivity contribution in [2.24, 2.45) is 0 Å². The van der Waals surface area contributed by atoms with E-state index in [0.29, 0.717) is 24.4 Å². The third-order valence-electron chi connectivity index (χ3n) is 4.46. The predicted molar refractivity (Wildman–Crippen MR) is 108 cm³/mol. The van der Waals surface area contributed by atoms with Gasteiger partial charge in [0.25, 0.3) is 20.0 Å². The number of thiophene rings is 1. The fourth-order valence-corrected chi connectivity index (χ4v) is 7.00. The van der Waals surface area contributed by atoms with Crippen molar-refractivity contribution in [3.63, 3.8) is 0 Å². The zero-order valence-corrected chi connectivity index (χ0v) is 18.0. The van der Waals surface area contributed by atoms with E-state index in [-0.39, 0.29) is 19.8 Å². The number of piperidine rings is 1. The van der Waals surface area contributed by atoms with Gasteiger partial charge in [-0.3, -0.25) is 4.72 Å². The molecule has 0 amide bonds. The quantitative estimate of drug-likeness (QED) is 0.736. The van der Waals surface area contributed by atoms with Gasteiger partial charge in [-0.15, -0.1) is 11.3 Å². The molecule has 0 unspecified atom stereocenters.